The van der Waals surface area contributed by atoms with Crippen molar-refractivity contribution in [2.24, 2.45) is 19.5 Å². The lowest BCUT2D eigenvalue weighted by Crippen LogP contribution is -2.44. The van der Waals surface area contributed by atoms with E-state index in [0.717, 1.165) is 14.6 Å². The molecule has 0 radical (unpaired) electrons. The van der Waals surface area contributed by atoms with Gasteiger partial charge in [0.15, 0.2) is 5.78 Å². The van der Waals surface area contributed by atoms with Crippen LogP contribution in [0.4, 0.5) is 0 Å². The number of Topliss-reactive ketones (excluding diaryl/α,β-unsaturated/α-hetero) is 1. The monoisotopic (exact) mass is 444 g/mol. The lowest BCUT2D eigenvalue weighted by Gasteiger charge is -2.38. The smallest absolute Gasteiger partial charge is 0.333 e. The number of halogens is 1. The molecule has 1 aliphatic heterocycles. The number of fused-ring (bicyclic) bond motifs is 1. The fourth-order valence-electron chi connectivity index (χ4n) is 4.16. The van der Waals surface area contributed by atoms with E-state index in [1.165, 1.54) is 11.6 Å². The number of ketones is 1. The molecule has 0 spiro atoms. The summed E-state index contributed by atoms with van der Waals surface area (Å²) in [6, 6.07) is 7.56. The number of carbonyl (C=O) groups is 1. The van der Waals surface area contributed by atoms with Crippen molar-refractivity contribution < 1.29 is 9.53 Å². The summed E-state index contributed by atoms with van der Waals surface area (Å²) >= 11 is 3.43. The third-order valence-corrected chi connectivity index (χ3v) is 6.05. The lowest BCUT2D eigenvalue weighted by molar-refractivity contribution is -0.118. The van der Waals surface area contributed by atoms with Crippen LogP contribution >= 0.6 is 15.9 Å². The molecule has 28 heavy (non-hydrogen) atoms. The van der Waals surface area contributed by atoms with Crippen LogP contribution in [0.3, 0.4) is 0 Å². The molecule has 0 amide bonds. The van der Waals surface area contributed by atoms with Crippen molar-refractivity contribution in [3.63, 3.8) is 0 Å². The van der Waals surface area contributed by atoms with Gasteiger partial charge >= 0.3 is 5.69 Å². The largest absolute Gasteiger partial charge is 0.444 e. The van der Waals surface area contributed by atoms with E-state index in [2.05, 4.69) is 15.9 Å². The van der Waals surface area contributed by atoms with Crippen LogP contribution in [-0.2, 0) is 18.9 Å². The van der Waals surface area contributed by atoms with E-state index in [-0.39, 0.29) is 17.1 Å². The number of rotatable bonds is 1. The molecule has 0 bridgehead atoms. The third kappa shape index (κ3) is 2.80. The molecule has 1 unspecified atom stereocenters. The Morgan fingerprint density at radius 3 is 2.32 bits per heavy atom. The summed E-state index contributed by atoms with van der Waals surface area (Å²) in [5.41, 5.74) is 0.558. The summed E-state index contributed by atoms with van der Waals surface area (Å²) in [4.78, 5) is 38.7. The molecule has 0 saturated carbocycles. The maximum Gasteiger partial charge on any atom is 0.333 e. The summed E-state index contributed by atoms with van der Waals surface area (Å²) in [6.45, 7) is 4.04. The molecule has 1 atom stereocenters. The molecule has 1 aromatic carbocycles. The van der Waals surface area contributed by atoms with Gasteiger partial charge in [-0.1, -0.05) is 41.9 Å². The van der Waals surface area contributed by atoms with Crippen molar-refractivity contribution in [2.45, 2.75) is 32.6 Å². The van der Waals surface area contributed by atoms with Gasteiger partial charge in [-0.2, -0.15) is 0 Å². The molecule has 1 aromatic heterocycles. The molecule has 1 aliphatic carbocycles. The van der Waals surface area contributed by atoms with Crippen LogP contribution in [-0.4, -0.2) is 14.9 Å². The minimum absolute atomic E-state index is 0.0132. The number of carbonyl (C=O) groups excluding carboxylic acids is 1. The first kappa shape index (κ1) is 18.9. The van der Waals surface area contributed by atoms with Gasteiger partial charge in [0.1, 0.15) is 5.76 Å². The van der Waals surface area contributed by atoms with Crippen molar-refractivity contribution in [2.75, 3.05) is 0 Å². The Balaban J connectivity index is 2.07. The van der Waals surface area contributed by atoms with Gasteiger partial charge in [0, 0.05) is 37.0 Å². The zero-order valence-corrected chi connectivity index (χ0v) is 17.8. The van der Waals surface area contributed by atoms with Crippen LogP contribution in [0.25, 0.3) is 0 Å². The normalized spacial score (nSPS) is 20.5. The van der Waals surface area contributed by atoms with Gasteiger partial charge < -0.3 is 4.74 Å². The average Bonchev–Trinajstić information content (AvgIpc) is 2.63. The Bertz CT molecular complexity index is 1150. The summed E-state index contributed by atoms with van der Waals surface area (Å²) in [5.74, 6) is 0.219. The summed E-state index contributed by atoms with van der Waals surface area (Å²) in [6.07, 6.45) is 0.966. The standard InChI is InChI=1S/C21H21BrN2O4/c1-21(2)9-13(25)16-14(10-21)28-19-17(18(26)23(3)20(27)24(19)4)15(16)11-5-7-12(22)8-6-11/h5-8,15H,9-10H2,1-4H3. The number of hydrogen-bond acceptors (Lipinski definition) is 4. The van der Waals surface area contributed by atoms with Gasteiger partial charge in [-0.3, -0.25) is 18.7 Å². The molecule has 0 N–H and O–H groups in total. The maximum atomic E-state index is 13.1. The molecule has 7 heteroatoms. The van der Waals surface area contributed by atoms with E-state index >= 15 is 0 Å². The third-order valence-electron chi connectivity index (χ3n) is 5.52. The molecule has 6 nitrogen and oxygen atoms in total. The zero-order valence-electron chi connectivity index (χ0n) is 16.2. The van der Waals surface area contributed by atoms with Crippen molar-refractivity contribution in [3.05, 3.63) is 72.0 Å². The zero-order chi connectivity index (χ0) is 20.4. The van der Waals surface area contributed by atoms with Crippen LogP contribution in [0.1, 0.15) is 43.7 Å². The second-order valence-electron chi connectivity index (χ2n) is 8.29. The molecule has 2 heterocycles. The summed E-state index contributed by atoms with van der Waals surface area (Å²) in [7, 11) is 3.03. The first-order valence-corrected chi connectivity index (χ1v) is 9.89. The lowest BCUT2D eigenvalue weighted by atomic mass is 9.70. The van der Waals surface area contributed by atoms with Crippen molar-refractivity contribution >= 4 is 21.7 Å². The van der Waals surface area contributed by atoms with Crippen LogP contribution in [0.2, 0.25) is 0 Å². The molecular weight excluding hydrogens is 424 g/mol. The van der Waals surface area contributed by atoms with Gasteiger partial charge in [0.25, 0.3) is 5.56 Å². The quantitative estimate of drug-likeness (QED) is 0.677. The molecule has 146 valence electrons. The van der Waals surface area contributed by atoms with Crippen molar-refractivity contribution in [3.8, 4) is 5.88 Å². The number of allylic oxidation sites excluding steroid dienone is 2. The Kier molecular flexibility index (Phi) is 4.26. The fourth-order valence-corrected chi connectivity index (χ4v) is 4.43. The maximum absolute atomic E-state index is 13.1. The van der Waals surface area contributed by atoms with Crippen LogP contribution in [0, 0.1) is 5.41 Å². The van der Waals surface area contributed by atoms with Crippen molar-refractivity contribution in [1.29, 1.82) is 0 Å². The minimum atomic E-state index is -0.555. The minimum Gasteiger partial charge on any atom is -0.444 e. The molecule has 2 aromatic rings. The van der Waals surface area contributed by atoms with Crippen LogP contribution in [0.5, 0.6) is 5.88 Å². The number of benzene rings is 1. The highest BCUT2D eigenvalue weighted by atomic mass is 79.9. The van der Waals surface area contributed by atoms with Gasteiger partial charge in [-0.15, -0.1) is 0 Å². The number of hydrogen-bond donors (Lipinski definition) is 0. The summed E-state index contributed by atoms with van der Waals surface area (Å²) < 4.78 is 9.38. The predicted octanol–water partition coefficient (Wildman–Crippen LogP) is 3.01. The predicted molar refractivity (Wildman–Crippen MR) is 109 cm³/mol. The van der Waals surface area contributed by atoms with E-state index in [9.17, 15) is 14.4 Å². The number of nitrogens with zero attached hydrogens (tertiary/aromatic N) is 2. The highest BCUT2D eigenvalue weighted by molar-refractivity contribution is 9.10. The molecule has 4 rings (SSSR count). The van der Waals surface area contributed by atoms with Gasteiger partial charge in [0.05, 0.1) is 11.5 Å². The van der Waals surface area contributed by atoms with Crippen LogP contribution in [0.15, 0.2) is 49.7 Å². The van der Waals surface area contributed by atoms with Gasteiger partial charge in [-0.25, -0.2) is 4.79 Å². The second-order valence-corrected chi connectivity index (χ2v) is 9.20. The highest BCUT2D eigenvalue weighted by Gasteiger charge is 2.44. The highest BCUT2D eigenvalue weighted by Crippen LogP contribution is 2.48. The molecule has 0 fully saturated rings. The summed E-state index contributed by atoms with van der Waals surface area (Å²) in [5, 5.41) is 0. The van der Waals surface area contributed by atoms with Crippen molar-refractivity contribution in [1.82, 2.24) is 9.13 Å². The van der Waals surface area contributed by atoms with Gasteiger partial charge in [-0.05, 0) is 23.1 Å². The topological polar surface area (TPSA) is 70.3 Å². The Hall–Kier alpha value is -2.41. The van der Waals surface area contributed by atoms with E-state index < -0.39 is 17.2 Å². The SMILES string of the molecule is Cn1c2c(c(=O)n(C)c1=O)C(c1ccc(Br)cc1)C1=C(CC(C)(C)CC1=O)O2. The van der Waals surface area contributed by atoms with E-state index in [1.54, 1.807) is 7.05 Å². The Morgan fingerprint density at radius 1 is 1.04 bits per heavy atom. The fraction of sp³-hybridized carbons (Fsp3) is 0.381. The Labute approximate surface area is 170 Å². The van der Waals surface area contributed by atoms with E-state index in [1.807, 2.05) is 38.1 Å². The second kappa shape index (κ2) is 6.30. The number of ether oxygens (including phenoxy) is 1. The molecule has 2 aliphatic rings. The van der Waals surface area contributed by atoms with E-state index in [0.29, 0.717) is 29.7 Å². The van der Waals surface area contributed by atoms with Crippen LogP contribution < -0.4 is 16.0 Å². The Morgan fingerprint density at radius 2 is 1.68 bits per heavy atom. The number of aromatic nitrogens is 2. The molecule has 0 saturated heterocycles. The first-order valence-electron chi connectivity index (χ1n) is 9.10. The molecular formula is C21H21BrN2O4. The average molecular weight is 445 g/mol. The van der Waals surface area contributed by atoms with Gasteiger partial charge in [0.2, 0.25) is 5.88 Å². The first-order chi connectivity index (χ1) is 13.1. The van der Waals surface area contributed by atoms with E-state index in [4.69, 9.17) is 4.74 Å².